The van der Waals surface area contributed by atoms with Crippen molar-refractivity contribution in [2.75, 3.05) is 19.0 Å². The van der Waals surface area contributed by atoms with E-state index in [4.69, 9.17) is 14.9 Å². The molecule has 1 heterocycles. The summed E-state index contributed by atoms with van der Waals surface area (Å²) in [5, 5.41) is 24.3. The number of carboxylic acids is 1. The largest absolute Gasteiger partial charge is 0.480 e. The van der Waals surface area contributed by atoms with Crippen LogP contribution in [0.3, 0.4) is 0 Å². The van der Waals surface area contributed by atoms with Gasteiger partial charge in [0.25, 0.3) is 0 Å². The minimum absolute atomic E-state index is 0.225. The van der Waals surface area contributed by atoms with E-state index in [0.29, 0.717) is 24.2 Å². The molecule has 0 spiro atoms. The number of benzene rings is 2. The first kappa shape index (κ1) is 25.0. The second-order valence-corrected chi connectivity index (χ2v) is 10.1. The summed E-state index contributed by atoms with van der Waals surface area (Å²) in [6.45, 7) is 3.18. The lowest BCUT2D eigenvalue weighted by molar-refractivity contribution is -0.142. The maximum Gasteiger partial charge on any atom is 0.329 e. The fourth-order valence-electron chi connectivity index (χ4n) is 4.73. The van der Waals surface area contributed by atoms with Crippen LogP contribution in [0.2, 0.25) is 0 Å². The first-order chi connectivity index (χ1) is 17.0. The molecule has 1 aliphatic carbocycles. The average molecular weight is 490 g/mol. The number of hydrogen-bond acceptors (Lipinski definition) is 5. The van der Waals surface area contributed by atoms with Gasteiger partial charge in [0.1, 0.15) is 17.3 Å². The minimum atomic E-state index is -0.918. The predicted octanol–water partition coefficient (Wildman–Crippen LogP) is 6.05. The summed E-state index contributed by atoms with van der Waals surface area (Å²) in [5.74, 6) is 0.352. The van der Waals surface area contributed by atoms with Gasteiger partial charge in [0.15, 0.2) is 0 Å². The summed E-state index contributed by atoms with van der Waals surface area (Å²) in [6.07, 6.45) is 4.18. The van der Waals surface area contributed by atoms with Crippen molar-refractivity contribution in [2.24, 2.45) is 11.8 Å². The van der Waals surface area contributed by atoms with Gasteiger partial charge in [-0.3, -0.25) is 4.68 Å². The summed E-state index contributed by atoms with van der Waals surface area (Å²) >= 11 is 1.55. The Labute approximate surface area is 210 Å². The second kappa shape index (κ2) is 12.1. The Bertz CT molecular complexity index is 1160. The van der Waals surface area contributed by atoms with Crippen molar-refractivity contribution < 1.29 is 14.6 Å². The van der Waals surface area contributed by atoms with Crippen molar-refractivity contribution in [3.63, 3.8) is 0 Å². The van der Waals surface area contributed by atoms with Gasteiger partial charge in [-0.1, -0.05) is 71.9 Å². The number of nitriles is 1. The molecule has 0 aliphatic heterocycles. The highest BCUT2D eigenvalue weighted by molar-refractivity contribution is 7.99. The first-order valence-electron chi connectivity index (χ1n) is 12.1. The predicted molar refractivity (Wildman–Crippen MR) is 138 cm³/mol. The zero-order valence-corrected chi connectivity index (χ0v) is 20.8. The van der Waals surface area contributed by atoms with Gasteiger partial charge >= 0.3 is 5.97 Å². The molecule has 0 bridgehead atoms. The number of carboxylic acid groups (broad SMARTS) is 1. The van der Waals surface area contributed by atoms with Crippen LogP contribution in [-0.4, -0.2) is 39.8 Å². The normalized spacial score (nSPS) is 17.7. The van der Waals surface area contributed by atoms with Gasteiger partial charge in [-0.25, -0.2) is 4.79 Å². The standard InChI is InChI=1S/C28H31N3O3S/c1-20-7-13-24(14-8-20)27-26(23-5-3-2-4-6-23)28(35-16-15-29)31(30-27)17-21-9-11-22(12-10-21)18-34-19-25(32)33/h2-8,13-14,21-22H,9-12,16-19H2,1H3,(H,32,33)/t21-,22-. The third-order valence-corrected chi connectivity index (χ3v) is 7.51. The van der Waals surface area contributed by atoms with E-state index in [0.717, 1.165) is 59.6 Å². The Morgan fingerprint density at radius 1 is 1.09 bits per heavy atom. The summed E-state index contributed by atoms with van der Waals surface area (Å²) < 4.78 is 7.44. The van der Waals surface area contributed by atoms with Gasteiger partial charge in [-0.2, -0.15) is 10.4 Å². The molecular formula is C28H31N3O3S. The number of aromatic nitrogens is 2. The number of aliphatic carboxylic acids is 1. The Kier molecular flexibility index (Phi) is 8.62. The van der Waals surface area contributed by atoms with E-state index in [-0.39, 0.29) is 6.61 Å². The molecule has 0 amide bonds. The number of nitrogens with zero attached hydrogens (tertiary/aromatic N) is 3. The van der Waals surface area contributed by atoms with Crippen molar-refractivity contribution in [2.45, 2.75) is 44.2 Å². The van der Waals surface area contributed by atoms with Crippen LogP contribution in [-0.2, 0) is 16.1 Å². The van der Waals surface area contributed by atoms with Crippen molar-refractivity contribution in [1.82, 2.24) is 9.78 Å². The van der Waals surface area contributed by atoms with Crippen molar-refractivity contribution in [3.05, 3.63) is 60.2 Å². The highest BCUT2D eigenvalue weighted by Gasteiger charge is 2.26. The van der Waals surface area contributed by atoms with Crippen LogP contribution < -0.4 is 0 Å². The summed E-state index contributed by atoms with van der Waals surface area (Å²) in [5.41, 5.74) is 5.43. The third-order valence-electron chi connectivity index (χ3n) is 6.54. The summed E-state index contributed by atoms with van der Waals surface area (Å²) in [4.78, 5) is 10.7. The number of ether oxygens (including phenoxy) is 1. The fourth-order valence-corrected chi connectivity index (χ4v) is 5.56. The van der Waals surface area contributed by atoms with E-state index in [1.807, 2.05) is 18.2 Å². The Balaban J connectivity index is 1.60. The van der Waals surface area contributed by atoms with E-state index < -0.39 is 5.97 Å². The smallest absolute Gasteiger partial charge is 0.329 e. The quantitative estimate of drug-likeness (QED) is 0.349. The lowest BCUT2D eigenvalue weighted by Gasteiger charge is -2.28. The Morgan fingerprint density at radius 2 is 1.77 bits per heavy atom. The zero-order chi connectivity index (χ0) is 24.6. The number of aryl methyl sites for hydroxylation is 1. The van der Waals surface area contributed by atoms with Gasteiger partial charge in [0.2, 0.25) is 0 Å². The Morgan fingerprint density at radius 3 is 2.43 bits per heavy atom. The zero-order valence-electron chi connectivity index (χ0n) is 20.0. The lowest BCUT2D eigenvalue weighted by atomic mass is 9.82. The molecule has 4 rings (SSSR count). The monoisotopic (exact) mass is 489 g/mol. The van der Waals surface area contributed by atoms with Gasteiger partial charge in [-0.05, 0) is 50.0 Å². The van der Waals surface area contributed by atoms with Crippen LogP contribution in [0.1, 0.15) is 31.2 Å². The first-order valence-corrected chi connectivity index (χ1v) is 13.1. The van der Waals surface area contributed by atoms with Crippen molar-refractivity contribution >= 4 is 17.7 Å². The van der Waals surface area contributed by atoms with Crippen molar-refractivity contribution in [1.29, 1.82) is 5.26 Å². The van der Waals surface area contributed by atoms with Gasteiger partial charge in [0.05, 0.1) is 18.4 Å². The molecule has 2 aromatic carbocycles. The summed E-state index contributed by atoms with van der Waals surface area (Å²) in [6, 6.07) is 21.1. The van der Waals surface area contributed by atoms with Crippen molar-refractivity contribution in [3.8, 4) is 28.5 Å². The maximum atomic E-state index is 10.7. The number of thioether (sulfide) groups is 1. The molecule has 0 unspecified atom stereocenters. The topological polar surface area (TPSA) is 88.1 Å². The highest BCUT2D eigenvalue weighted by Crippen LogP contribution is 2.41. The van der Waals surface area contributed by atoms with Gasteiger partial charge in [-0.15, -0.1) is 0 Å². The van der Waals surface area contributed by atoms with E-state index >= 15 is 0 Å². The number of hydrogen-bond donors (Lipinski definition) is 1. The van der Waals surface area contributed by atoms with Gasteiger partial charge in [0, 0.05) is 17.7 Å². The molecule has 1 fully saturated rings. The fraction of sp³-hybridized carbons (Fsp3) is 0.393. The Hall–Kier alpha value is -3.08. The number of rotatable bonds is 10. The van der Waals surface area contributed by atoms with Crippen LogP contribution in [0.5, 0.6) is 0 Å². The van der Waals surface area contributed by atoms with E-state index in [9.17, 15) is 10.1 Å². The van der Waals surface area contributed by atoms with E-state index in [2.05, 4.69) is 54.1 Å². The van der Waals surface area contributed by atoms with Crippen LogP contribution in [0, 0.1) is 30.1 Å². The van der Waals surface area contributed by atoms with E-state index in [1.165, 1.54) is 5.56 Å². The molecule has 7 heteroatoms. The summed E-state index contributed by atoms with van der Waals surface area (Å²) in [7, 11) is 0. The maximum absolute atomic E-state index is 10.7. The molecule has 1 N–H and O–H groups in total. The van der Waals surface area contributed by atoms with E-state index in [1.54, 1.807) is 11.8 Å². The molecular weight excluding hydrogens is 458 g/mol. The molecule has 0 radical (unpaired) electrons. The second-order valence-electron chi connectivity index (χ2n) is 9.19. The molecule has 0 atom stereocenters. The minimum Gasteiger partial charge on any atom is -0.480 e. The van der Waals surface area contributed by atoms with Crippen LogP contribution in [0.15, 0.2) is 59.6 Å². The number of carbonyl (C=O) groups is 1. The average Bonchev–Trinajstić information content (AvgIpc) is 3.22. The molecule has 1 aromatic heterocycles. The molecule has 0 saturated heterocycles. The molecule has 3 aromatic rings. The molecule has 182 valence electrons. The molecule has 1 saturated carbocycles. The van der Waals surface area contributed by atoms with Crippen LogP contribution >= 0.6 is 11.8 Å². The van der Waals surface area contributed by atoms with Crippen LogP contribution in [0.4, 0.5) is 0 Å². The molecule has 6 nitrogen and oxygen atoms in total. The third kappa shape index (κ3) is 6.53. The molecule has 35 heavy (non-hydrogen) atoms. The molecule has 1 aliphatic rings. The van der Waals surface area contributed by atoms with Gasteiger partial charge < -0.3 is 9.84 Å². The SMILES string of the molecule is Cc1ccc(-c2nn(C[C@H]3CC[C@H](COCC(=O)O)CC3)c(SCC#N)c2-c2ccccc2)cc1. The van der Waals surface area contributed by atoms with Crippen LogP contribution in [0.25, 0.3) is 22.4 Å². The highest BCUT2D eigenvalue weighted by atomic mass is 32.2. The lowest BCUT2D eigenvalue weighted by Crippen LogP contribution is -2.23.